The second-order valence-electron chi connectivity index (χ2n) is 8.97. The zero-order valence-electron chi connectivity index (χ0n) is 19.4. The van der Waals surface area contributed by atoms with Gasteiger partial charge in [0.05, 0.1) is 24.3 Å². The molecule has 32 heavy (non-hydrogen) atoms. The van der Waals surface area contributed by atoms with Gasteiger partial charge in [0.25, 0.3) is 0 Å². The molecule has 1 saturated heterocycles. The Bertz CT molecular complexity index is 1080. The van der Waals surface area contributed by atoms with Gasteiger partial charge in [0, 0.05) is 25.4 Å². The first-order chi connectivity index (χ1) is 15.2. The summed E-state index contributed by atoms with van der Waals surface area (Å²) >= 11 is 0. The number of hydrogen-bond acceptors (Lipinski definition) is 5. The topological polar surface area (TPSA) is 72.3 Å². The Labute approximate surface area is 189 Å². The molecule has 0 spiro atoms. The lowest BCUT2D eigenvalue weighted by molar-refractivity contribution is -0.144. The number of nitrogens with zero attached hydrogens (tertiary/aromatic N) is 4. The van der Waals surface area contributed by atoms with Crippen LogP contribution >= 0.6 is 0 Å². The van der Waals surface area contributed by atoms with Crippen molar-refractivity contribution in [1.29, 1.82) is 0 Å². The lowest BCUT2D eigenvalue weighted by Crippen LogP contribution is -2.49. The third-order valence-electron chi connectivity index (χ3n) is 6.13. The SMILES string of the molecule is Cc1ccc(C(C)(C)C(=O)N2CCOC(c3cccc(Nc4cc(C)n(C)n4)n3)C2)cc1. The van der Waals surface area contributed by atoms with Crippen LogP contribution in [0.25, 0.3) is 0 Å². The molecule has 3 heterocycles. The van der Waals surface area contributed by atoms with E-state index in [0.29, 0.717) is 25.5 Å². The number of rotatable bonds is 5. The summed E-state index contributed by atoms with van der Waals surface area (Å²) < 4.78 is 7.82. The molecule has 0 radical (unpaired) electrons. The molecule has 1 aromatic carbocycles. The van der Waals surface area contributed by atoms with E-state index in [2.05, 4.69) is 29.5 Å². The van der Waals surface area contributed by atoms with Gasteiger partial charge in [-0.05, 0) is 45.4 Å². The molecule has 1 atom stereocenters. The number of amides is 1. The summed E-state index contributed by atoms with van der Waals surface area (Å²) in [6.07, 6.45) is -0.270. The summed E-state index contributed by atoms with van der Waals surface area (Å²) in [5.41, 5.74) is 3.45. The lowest BCUT2D eigenvalue weighted by atomic mass is 9.82. The maximum Gasteiger partial charge on any atom is 0.232 e. The number of nitrogens with one attached hydrogen (secondary N) is 1. The number of benzene rings is 1. The van der Waals surface area contributed by atoms with E-state index in [4.69, 9.17) is 9.72 Å². The van der Waals surface area contributed by atoms with Crippen molar-refractivity contribution in [3.05, 3.63) is 71.0 Å². The molecule has 0 saturated carbocycles. The fraction of sp³-hybridized carbons (Fsp3) is 0.400. The van der Waals surface area contributed by atoms with Crippen LogP contribution in [-0.4, -0.2) is 45.3 Å². The maximum atomic E-state index is 13.5. The minimum Gasteiger partial charge on any atom is -0.368 e. The molecule has 1 amide bonds. The standard InChI is InChI=1S/C25H31N5O2/c1-17-9-11-19(12-10-17)25(3,4)24(31)30-13-14-32-21(16-30)20-7-6-8-22(26-20)27-23-15-18(2)29(5)28-23/h6-12,15,21H,13-14,16H2,1-5H3,(H,26,27,28). The first-order valence-corrected chi connectivity index (χ1v) is 11.0. The summed E-state index contributed by atoms with van der Waals surface area (Å²) in [7, 11) is 1.91. The zero-order valence-corrected chi connectivity index (χ0v) is 19.4. The fourth-order valence-electron chi connectivity index (χ4n) is 3.95. The summed E-state index contributed by atoms with van der Waals surface area (Å²) in [5.74, 6) is 1.55. The normalized spacial score (nSPS) is 16.8. The van der Waals surface area contributed by atoms with Gasteiger partial charge in [-0.1, -0.05) is 35.9 Å². The van der Waals surface area contributed by atoms with Crippen molar-refractivity contribution < 1.29 is 9.53 Å². The number of morpholine rings is 1. The zero-order chi connectivity index (χ0) is 22.9. The van der Waals surface area contributed by atoms with E-state index in [9.17, 15) is 4.79 Å². The van der Waals surface area contributed by atoms with Gasteiger partial charge in [-0.3, -0.25) is 9.48 Å². The number of aromatic nitrogens is 3. The van der Waals surface area contributed by atoms with Crippen molar-refractivity contribution in [2.75, 3.05) is 25.0 Å². The van der Waals surface area contributed by atoms with Crippen molar-refractivity contribution in [3.63, 3.8) is 0 Å². The number of pyridine rings is 1. The highest BCUT2D eigenvalue weighted by Crippen LogP contribution is 2.30. The predicted molar refractivity (Wildman–Crippen MR) is 125 cm³/mol. The van der Waals surface area contributed by atoms with E-state index < -0.39 is 5.41 Å². The van der Waals surface area contributed by atoms with Crippen LogP contribution in [0.3, 0.4) is 0 Å². The van der Waals surface area contributed by atoms with Crippen molar-refractivity contribution >= 4 is 17.5 Å². The van der Waals surface area contributed by atoms with Crippen LogP contribution in [0.4, 0.5) is 11.6 Å². The molecule has 0 bridgehead atoms. The van der Waals surface area contributed by atoms with Crippen LogP contribution in [0, 0.1) is 13.8 Å². The number of hydrogen-bond donors (Lipinski definition) is 1. The molecule has 7 heteroatoms. The summed E-state index contributed by atoms with van der Waals surface area (Å²) in [4.78, 5) is 20.1. The van der Waals surface area contributed by atoms with Crippen LogP contribution < -0.4 is 5.32 Å². The highest BCUT2D eigenvalue weighted by Gasteiger charge is 2.36. The molecule has 4 rings (SSSR count). The minimum atomic E-state index is -0.608. The highest BCUT2D eigenvalue weighted by atomic mass is 16.5. The number of ether oxygens (including phenoxy) is 1. The van der Waals surface area contributed by atoms with E-state index in [0.717, 1.165) is 22.8 Å². The smallest absolute Gasteiger partial charge is 0.232 e. The van der Waals surface area contributed by atoms with Gasteiger partial charge < -0.3 is 15.0 Å². The van der Waals surface area contributed by atoms with Gasteiger partial charge in [0.15, 0.2) is 5.82 Å². The first-order valence-electron chi connectivity index (χ1n) is 11.0. The quantitative estimate of drug-likeness (QED) is 0.657. The average molecular weight is 434 g/mol. The molecule has 7 nitrogen and oxygen atoms in total. The molecular formula is C25H31N5O2. The molecule has 1 aliphatic heterocycles. The van der Waals surface area contributed by atoms with Crippen LogP contribution in [0.5, 0.6) is 0 Å². The monoisotopic (exact) mass is 433 g/mol. The molecule has 0 aliphatic carbocycles. The van der Waals surface area contributed by atoms with Gasteiger partial charge in [-0.2, -0.15) is 5.10 Å². The Hall–Kier alpha value is -3.19. The number of carbonyl (C=O) groups is 1. The predicted octanol–water partition coefficient (Wildman–Crippen LogP) is 4.05. The van der Waals surface area contributed by atoms with E-state index in [1.807, 2.05) is 73.8 Å². The van der Waals surface area contributed by atoms with Crippen LogP contribution in [0.15, 0.2) is 48.5 Å². The average Bonchev–Trinajstić information content (AvgIpc) is 3.10. The molecule has 1 fully saturated rings. The largest absolute Gasteiger partial charge is 0.368 e. The summed E-state index contributed by atoms with van der Waals surface area (Å²) in [5, 5.41) is 7.68. The van der Waals surface area contributed by atoms with E-state index >= 15 is 0 Å². The van der Waals surface area contributed by atoms with E-state index in [1.54, 1.807) is 0 Å². The number of aryl methyl sites for hydroxylation is 3. The van der Waals surface area contributed by atoms with Crippen molar-refractivity contribution in [3.8, 4) is 0 Å². The molecule has 1 unspecified atom stereocenters. The van der Waals surface area contributed by atoms with E-state index in [1.165, 1.54) is 5.56 Å². The van der Waals surface area contributed by atoms with Gasteiger partial charge >= 0.3 is 0 Å². The maximum absolute atomic E-state index is 13.5. The minimum absolute atomic E-state index is 0.105. The molecule has 168 valence electrons. The van der Waals surface area contributed by atoms with Crippen molar-refractivity contribution in [1.82, 2.24) is 19.7 Å². The lowest BCUT2D eigenvalue weighted by Gasteiger charge is -2.37. The highest BCUT2D eigenvalue weighted by molar-refractivity contribution is 5.87. The van der Waals surface area contributed by atoms with Crippen LogP contribution in [-0.2, 0) is 22.0 Å². The summed E-state index contributed by atoms with van der Waals surface area (Å²) in [6, 6.07) is 16.0. The Kier molecular flexibility index (Phi) is 6.02. The third kappa shape index (κ3) is 4.53. The van der Waals surface area contributed by atoms with Crippen LogP contribution in [0.2, 0.25) is 0 Å². The van der Waals surface area contributed by atoms with Gasteiger partial charge in [0.2, 0.25) is 5.91 Å². The van der Waals surface area contributed by atoms with Gasteiger partial charge in [0.1, 0.15) is 11.9 Å². The number of anilines is 2. The molecule has 3 aromatic rings. The second kappa shape index (κ2) is 8.74. The number of carbonyl (C=O) groups excluding carboxylic acids is 1. The van der Waals surface area contributed by atoms with Crippen LogP contribution in [0.1, 0.15) is 42.5 Å². The van der Waals surface area contributed by atoms with E-state index in [-0.39, 0.29) is 12.0 Å². The Balaban J connectivity index is 1.49. The Morgan fingerprint density at radius 2 is 1.88 bits per heavy atom. The molecular weight excluding hydrogens is 402 g/mol. The van der Waals surface area contributed by atoms with Gasteiger partial charge in [-0.15, -0.1) is 0 Å². The van der Waals surface area contributed by atoms with Crippen molar-refractivity contribution in [2.45, 2.75) is 39.2 Å². The third-order valence-corrected chi connectivity index (χ3v) is 6.13. The Morgan fingerprint density at radius 3 is 2.56 bits per heavy atom. The molecule has 2 aromatic heterocycles. The fourth-order valence-corrected chi connectivity index (χ4v) is 3.95. The molecule has 1 aliphatic rings. The molecule has 1 N–H and O–H groups in total. The Morgan fingerprint density at radius 1 is 1.12 bits per heavy atom. The van der Waals surface area contributed by atoms with Crippen molar-refractivity contribution in [2.24, 2.45) is 7.05 Å². The second-order valence-corrected chi connectivity index (χ2v) is 8.97. The summed E-state index contributed by atoms with van der Waals surface area (Å²) in [6.45, 7) is 9.57. The first kappa shape index (κ1) is 22.0. The van der Waals surface area contributed by atoms with Gasteiger partial charge in [-0.25, -0.2) is 4.98 Å².